The summed E-state index contributed by atoms with van der Waals surface area (Å²) >= 11 is 0. The van der Waals surface area contributed by atoms with Crippen molar-refractivity contribution in [1.29, 1.82) is 0 Å². The van der Waals surface area contributed by atoms with E-state index in [-0.39, 0.29) is 5.92 Å². The molecule has 2 unspecified atom stereocenters. The molecule has 0 aromatic carbocycles. The summed E-state index contributed by atoms with van der Waals surface area (Å²) in [6, 6.07) is 0. The van der Waals surface area contributed by atoms with Gasteiger partial charge in [-0.05, 0) is 44.2 Å². The fourth-order valence-electron chi connectivity index (χ4n) is 3.47. The number of piperidine rings is 1. The number of hydrogen-bond acceptors (Lipinski definition) is 2. The Morgan fingerprint density at radius 1 is 1.11 bits per heavy atom. The zero-order valence-corrected chi connectivity index (χ0v) is 12.4. The van der Waals surface area contributed by atoms with Gasteiger partial charge in [-0.1, -0.05) is 39.0 Å². The molecule has 3 heteroatoms. The van der Waals surface area contributed by atoms with E-state index in [1.807, 2.05) is 0 Å². The lowest BCUT2D eigenvalue weighted by molar-refractivity contribution is -0.125. The summed E-state index contributed by atoms with van der Waals surface area (Å²) in [5, 5.41) is 6.65. The smallest absolute Gasteiger partial charge is 0.223 e. The van der Waals surface area contributed by atoms with Gasteiger partial charge in [0.1, 0.15) is 0 Å². The Morgan fingerprint density at radius 2 is 1.79 bits per heavy atom. The average molecular weight is 266 g/mol. The highest BCUT2D eigenvalue weighted by molar-refractivity contribution is 5.78. The standard InChI is InChI=1S/C16H30N2O/c1-13-11-17-10-9-15(13)12-18-16(19)14-7-5-3-2-4-6-8-14/h13-15,17H,2-12H2,1H3,(H,18,19). The number of hydrogen-bond donors (Lipinski definition) is 2. The Balaban J connectivity index is 1.72. The van der Waals surface area contributed by atoms with E-state index in [1.54, 1.807) is 0 Å². The van der Waals surface area contributed by atoms with Gasteiger partial charge in [0.15, 0.2) is 0 Å². The van der Waals surface area contributed by atoms with Gasteiger partial charge in [-0.2, -0.15) is 0 Å². The molecule has 0 aromatic heterocycles. The monoisotopic (exact) mass is 266 g/mol. The number of rotatable bonds is 3. The Hall–Kier alpha value is -0.570. The Morgan fingerprint density at radius 3 is 2.47 bits per heavy atom. The second-order valence-corrected chi connectivity index (χ2v) is 6.52. The highest BCUT2D eigenvalue weighted by Crippen LogP contribution is 2.23. The molecule has 1 aliphatic carbocycles. The summed E-state index contributed by atoms with van der Waals surface area (Å²) in [5.74, 6) is 1.97. The van der Waals surface area contributed by atoms with Crippen LogP contribution in [0.1, 0.15) is 58.3 Å². The Kier molecular flexibility index (Phi) is 6.15. The summed E-state index contributed by atoms with van der Waals surface area (Å²) in [7, 11) is 0. The van der Waals surface area contributed by atoms with E-state index >= 15 is 0 Å². The van der Waals surface area contributed by atoms with Crippen LogP contribution in [0.15, 0.2) is 0 Å². The average Bonchev–Trinajstić information content (AvgIpc) is 2.37. The second kappa shape index (κ2) is 7.88. The van der Waals surface area contributed by atoms with Crippen molar-refractivity contribution in [3.63, 3.8) is 0 Å². The van der Waals surface area contributed by atoms with Crippen molar-refractivity contribution in [2.45, 2.75) is 58.3 Å². The van der Waals surface area contributed by atoms with Crippen LogP contribution in [0.3, 0.4) is 0 Å². The van der Waals surface area contributed by atoms with Gasteiger partial charge in [-0.25, -0.2) is 0 Å². The van der Waals surface area contributed by atoms with E-state index in [9.17, 15) is 4.79 Å². The summed E-state index contributed by atoms with van der Waals surface area (Å²) in [6.45, 7) is 5.38. The first-order valence-electron chi connectivity index (χ1n) is 8.26. The predicted molar refractivity (Wildman–Crippen MR) is 79.0 cm³/mol. The highest BCUT2D eigenvalue weighted by atomic mass is 16.1. The van der Waals surface area contributed by atoms with Crippen LogP contribution in [0.25, 0.3) is 0 Å². The summed E-state index contributed by atoms with van der Waals surface area (Å²) in [5.41, 5.74) is 0. The van der Waals surface area contributed by atoms with Gasteiger partial charge in [0.2, 0.25) is 5.91 Å². The zero-order chi connectivity index (χ0) is 13.5. The number of carbonyl (C=O) groups excluding carboxylic acids is 1. The first-order valence-corrected chi connectivity index (χ1v) is 8.26. The predicted octanol–water partition coefficient (Wildman–Crippen LogP) is 2.71. The molecule has 19 heavy (non-hydrogen) atoms. The Labute approximate surface area is 117 Å². The van der Waals surface area contributed by atoms with E-state index in [0.717, 1.165) is 32.5 Å². The third kappa shape index (κ3) is 4.79. The lowest BCUT2D eigenvalue weighted by Gasteiger charge is -2.30. The third-order valence-electron chi connectivity index (χ3n) is 4.98. The van der Waals surface area contributed by atoms with Crippen LogP contribution in [0.4, 0.5) is 0 Å². The molecule has 1 saturated heterocycles. The van der Waals surface area contributed by atoms with Crippen LogP contribution in [0.5, 0.6) is 0 Å². The Bertz CT molecular complexity index is 272. The summed E-state index contributed by atoms with van der Waals surface area (Å²) in [4.78, 5) is 12.3. The van der Waals surface area contributed by atoms with Crippen molar-refractivity contribution in [1.82, 2.24) is 10.6 Å². The summed E-state index contributed by atoms with van der Waals surface area (Å²) in [6.07, 6.45) is 9.88. The van der Waals surface area contributed by atoms with E-state index < -0.39 is 0 Å². The first kappa shape index (κ1) is 14.8. The maximum Gasteiger partial charge on any atom is 0.223 e. The first-order chi connectivity index (χ1) is 9.27. The number of nitrogens with one attached hydrogen (secondary N) is 2. The van der Waals surface area contributed by atoms with Gasteiger partial charge in [-0.3, -0.25) is 4.79 Å². The quantitative estimate of drug-likeness (QED) is 0.824. The van der Waals surface area contributed by atoms with E-state index in [2.05, 4.69) is 17.6 Å². The van der Waals surface area contributed by atoms with Crippen LogP contribution < -0.4 is 10.6 Å². The number of amides is 1. The largest absolute Gasteiger partial charge is 0.356 e. The van der Waals surface area contributed by atoms with Crippen LogP contribution in [-0.4, -0.2) is 25.5 Å². The van der Waals surface area contributed by atoms with Crippen molar-refractivity contribution in [2.75, 3.05) is 19.6 Å². The van der Waals surface area contributed by atoms with Crippen LogP contribution in [-0.2, 0) is 4.79 Å². The van der Waals surface area contributed by atoms with Crippen molar-refractivity contribution >= 4 is 5.91 Å². The van der Waals surface area contributed by atoms with Gasteiger partial charge in [-0.15, -0.1) is 0 Å². The topological polar surface area (TPSA) is 41.1 Å². The molecule has 2 N–H and O–H groups in total. The molecule has 2 aliphatic rings. The van der Waals surface area contributed by atoms with E-state index in [4.69, 9.17) is 0 Å². The lowest BCUT2D eigenvalue weighted by atomic mass is 9.87. The van der Waals surface area contributed by atoms with E-state index in [1.165, 1.54) is 38.5 Å². The second-order valence-electron chi connectivity index (χ2n) is 6.52. The minimum absolute atomic E-state index is 0.289. The molecule has 1 aliphatic heterocycles. The number of carbonyl (C=O) groups is 1. The fraction of sp³-hybridized carbons (Fsp3) is 0.938. The molecule has 2 fully saturated rings. The molecule has 1 amide bonds. The molecular formula is C16H30N2O. The molecule has 1 saturated carbocycles. The fourth-order valence-corrected chi connectivity index (χ4v) is 3.47. The van der Waals surface area contributed by atoms with Crippen molar-refractivity contribution < 1.29 is 4.79 Å². The SMILES string of the molecule is CC1CNCCC1CNC(=O)C1CCCCCCC1. The molecule has 0 aromatic rings. The molecule has 2 atom stereocenters. The van der Waals surface area contributed by atoms with Crippen molar-refractivity contribution in [2.24, 2.45) is 17.8 Å². The third-order valence-corrected chi connectivity index (χ3v) is 4.98. The van der Waals surface area contributed by atoms with Crippen molar-refractivity contribution in [3.8, 4) is 0 Å². The molecule has 0 radical (unpaired) electrons. The highest BCUT2D eigenvalue weighted by Gasteiger charge is 2.24. The molecule has 3 nitrogen and oxygen atoms in total. The minimum Gasteiger partial charge on any atom is -0.356 e. The molecule has 2 rings (SSSR count). The minimum atomic E-state index is 0.289. The normalized spacial score (nSPS) is 30.4. The van der Waals surface area contributed by atoms with Gasteiger partial charge in [0, 0.05) is 12.5 Å². The lowest BCUT2D eigenvalue weighted by Crippen LogP contribution is -2.42. The molecule has 0 spiro atoms. The van der Waals surface area contributed by atoms with Crippen molar-refractivity contribution in [3.05, 3.63) is 0 Å². The van der Waals surface area contributed by atoms with Gasteiger partial charge in [0.25, 0.3) is 0 Å². The molecular weight excluding hydrogens is 236 g/mol. The summed E-state index contributed by atoms with van der Waals surface area (Å²) < 4.78 is 0. The molecule has 0 bridgehead atoms. The van der Waals surface area contributed by atoms with Gasteiger partial charge < -0.3 is 10.6 Å². The van der Waals surface area contributed by atoms with Crippen LogP contribution in [0, 0.1) is 17.8 Å². The molecule has 110 valence electrons. The maximum atomic E-state index is 12.3. The van der Waals surface area contributed by atoms with E-state index in [0.29, 0.717) is 17.7 Å². The zero-order valence-electron chi connectivity index (χ0n) is 12.4. The molecule has 1 heterocycles. The van der Waals surface area contributed by atoms with Crippen LogP contribution in [0.2, 0.25) is 0 Å². The van der Waals surface area contributed by atoms with Gasteiger partial charge in [0.05, 0.1) is 0 Å². The van der Waals surface area contributed by atoms with Crippen LogP contribution >= 0.6 is 0 Å². The van der Waals surface area contributed by atoms with Gasteiger partial charge >= 0.3 is 0 Å². The maximum absolute atomic E-state index is 12.3.